The molecule has 0 radical (unpaired) electrons. The van der Waals surface area contributed by atoms with E-state index in [0.717, 1.165) is 49.9 Å². The number of nitrogens with one attached hydrogen (secondary N) is 1. The molecule has 47 heavy (non-hydrogen) atoms. The monoisotopic (exact) mass is 657 g/mol. The quantitative estimate of drug-likeness (QED) is 0.251. The third-order valence-electron chi connectivity index (χ3n) is 7.71. The zero-order valence-corrected chi connectivity index (χ0v) is 26.7. The van der Waals surface area contributed by atoms with Crippen molar-refractivity contribution < 1.29 is 62.2 Å². The van der Waals surface area contributed by atoms with Crippen LogP contribution in [0.2, 0.25) is 0 Å². The van der Waals surface area contributed by atoms with Crippen molar-refractivity contribution in [3.63, 3.8) is 0 Å². The Hall–Kier alpha value is -4.53. The highest BCUT2D eigenvalue weighted by molar-refractivity contribution is 5.79. The Kier molecular flexibility index (Phi) is 11.9. The molecule has 1 saturated heterocycles. The van der Waals surface area contributed by atoms with E-state index in [1.165, 1.54) is 6.92 Å². The van der Waals surface area contributed by atoms with Gasteiger partial charge in [0.25, 0.3) is 0 Å². The van der Waals surface area contributed by atoms with Gasteiger partial charge in [-0.15, -0.1) is 0 Å². The molecule has 1 heterocycles. The summed E-state index contributed by atoms with van der Waals surface area (Å²) in [7, 11) is 0. The number of esters is 4. The average molecular weight is 658 g/mol. The lowest BCUT2D eigenvalue weighted by Gasteiger charge is -2.45. The van der Waals surface area contributed by atoms with Crippen LogP contribution in [0.3, 0.4) is 0 Å². The molecule has 14 heteroatoms. The minimum Gasteiger partial charge on any atom is -0.463 e. The van der Waals surface area contributed by atoms with Crippen LogP contribution in [0, 0.1) is 0 Å². The maximum absolute atomic E-state index is 13.0. The van der Waals surface area contributed by atoms with E-state index in [0.29, 0.717) is 0 Å². The molecule has 0 saturated carbocycles. The highest BCUT2D eigenvalue weighted by Gasteiger charge is 2.53. The lowest BCUT2D eigenvalue weighted by molar-refractivity contribution is -0.317. The molecule has 2 aromatic rings. The normalized spacial score (nSPS) is 22.9. The summed E-state index contributed by atoms with van der Waals surface area (Å²) >= 11 is 0. The van der Waals surface area contributed by atoms with Gasteiger partial charge in [0, 0.05) is 33.6 Å². The average Bonchev–Trinajstić information content (AvgIpc) is 3.33. The molecule has 4 rings (SSSR count). The molecular formula is C33H39NO13. The van der Waals surface area contributed by atoms with Crippen molar-refractivity contribution in [1.29, 1.82) is 0 Å². The van der Waals surface area contributed by atoms with Gasteiger partial charge in [0.05, 0.1) is 18.8 Å². The van der Waals surface area contributed by atoms with Crippen molar-refractivity contribution in [2.24, 2.45) is 0 Å². The topological polar surface area (TPSA) is 182 Å². The van der Waals surface area contributed by atoms with E-state index >= 15 is 0 Å². The third-order valence-corrected chi connectivity index (χ3v) is 7.71. The van der Waals surface area contributed by atoms with Crippen LogP contribution in [0.1, 0.15) is 51.7 Å². The Labute approximate surface area is 271 Å². The van der Waals surface area contributed by atoms with Crippen LogP contribution in [0.4, 0.5) is 4.79 Å². The van der Waals surface area contributed by atoms with Gasteiger partial charge in [-0.3, -0.25) is 19.2 Å². The van der Waals surface area contributed by atoms with E-state index in [9.17, 15) is 29.1 Å². The molecule has 0 aromatic heterocycles. The van der Waals surface area contributed by atoms with E-state index in [1.807, 2.05) is 48.5 Å². The van der Waals surface area contributed by atoms with E-state index in [-0.39, 0.29) is 12.5 Å². The number of benzene rings is 2. The Morgan fingerprint density at radius 3 is 1.81 bits per heavy atom. The van der Waals surface area contributed by atoms with Crippen molar-refractivity contribution in [3.05, 3.63) is 59.7 Å². The predicted molar refractivity (Wildman–Crippen MR) is 162 cm³/mol. The predicted octanol–water partition coefficient (Wildman–Crippen LogP) is 2.37. The fourth-order valence-corrected chi connectivity index (χ4v) is 5.71. The Balaban J connectivity index is 1.48. The molecule has 0 spiro atoms. The standard InChI is InChI=1S/C33H39NO13/c1-17(27(14-35)34-33(40)42-15-26-24-12-8-6-10-22(24)23-11-7-9-13-25(23)26)43-32-31(46-21(5)39)30(45-20(4)38)29(44-19(3)37)28(47-32)16-41-18(2)36/h6-13,17,26-32,35H,14-16H2,1-5H3,(H,34,40)/t17-,27-,28-,29-,30+,31-,32-/m1/s1. The molecule has 0 bridgehead atoms. The Morgan fingerprint density at radius 1 is 0.745 bits per heavy atom. The van der Waals surface area contributed by atoms with Gasteiger partial charge in [-0.2, -0.15) is 0 Å². The van der Waals surface area contributed by atoms with Crippen LogP contribution in [0.5, 0.6) is 0 Å². The van der Waals surface area contributed by atoms with Crippen LogP contribution >= 0.6 is 0 Å². The van der Waals surface area contributed by atoms with Crippen molar-refractivity contribution in [2.45, 2.75) is 83.4 Å². The number of carbonyl (C=O) groups excluding carboxylic acids is 5. The molecule has 2 aromatic carbocycles. The van der Waals surface area contributed by atoms with Gasteiger partial charge in [-0.1, -0.05) is 48.5 Å². The molecule has 14 nitrogen and oxygen atoms in total. The summed E-state index contributed by atoms with van der Waals surface area (Å²) in [5, 5.41) is 12.8. The van der Waals surface area contributed by atoms with Gasteiger partial charge in [-0.05, 0) is 29.2 Å². The van der Waals surface area contributed by atoms with Crippen LogP contribution in [0.15, 0.2) is 48.5 Å². The fourth-order valence-electron chi connectivity index (χ4n) is 5.71. The second kappa shape index (κ2) is 15.8. The lowest BCUT2D eigenvalue weighted by atomic mass is 9.98. The number of amides is 1. The summed E-state index contributed by atoms with van der Waals surface area (Å²) < 4.78 is 38.8. The zero-order valence-electron chi connectivity index (χ0n) is 26.7. The smallest absolute Gasteiger partial charge is 0.407 e. The Morgan fingerprint density at radius 2 is 1.28 bits per heavy atom. The molecule has 1 aliphatic carbocycles. The van der Waals surface area contributed by atoms with Crippen LogP contribution in [-0.4, -0.2) is 97.7 Å². The molecule has 2 aliphatic rings. The van der Waals surface area contributed by atoms with E-state index < -0.39 is 86.0 Å². The second-order valence-corrected chi connectivity index (χ2v) is 11.2. The maximum atomic E-state index is 13.0. The van der Waals surface area contributed by atoms with Crippen molar-refractivity contribution in [3.8, 4) is 11.1 Å². The number of carbonyl (C=O) groups is 5. The van der Waals surface area contributed by atoms with E-state index in [2.05, 4.69) is 5.32 Å². The summed E-state index contributed by atoms with van der Waals surface area (Å²) in [6.45, 7) is 5.00. The number of alkyl carbamates (subject to hydrolysis) is 1. The first-order valence-electron chi connectivity index (χ1n) is 15.1. The highest BCUT2D eigenvalue weighted by atomic mass is 16.7. The molecule has 254 valence electrons. The number of rotatable bonds is 12. The maximum Gasteiger partial charge on any atom is 0.407 e. The third kappa shape index (κ3) is 8.84. The number of fused-ring (bicyclic) bond motifs is 3. The number of aliphatic hydroxyl groups is 1. The minimum absolute atomic E-state index is 0.0347. The van der Waals surface area contributed by atoms with Gasteiger partial charge in [0.2, 0.25) is 0 Å². The molecule has 0 unspecified atom stereocenters. The van der Waals surface area contributed by atoms with Crippen molar-refractivity contribution >= 4 is 30.0 Å². The van der Waals surface area contributed by atoms with Crippen LogP contribution in [-0.2, 0) is 52.3 Å². The van der Waals surface area contributed by atoms with Gasteiger partial charge in [-0.25, -0.2) is 4.79 Å². The fraction of sp³-hybridized carbons (Fsp3) is 0.485. The first kappa shape index (κ1) is 35.3. The van der Waals surface area contributed by atoms with Gasteiger partial charge in [0.1, 0.15) is 19.3 Å². The Bertz CT molecular complexity index is 1420. The van der Waals surface area contributed by atoms with E-state index in [4.69, 9.17) is 33.2 Å². The van der Waals surface area contributed by atoms with Crippen LogP contribution < -0.4 is 5.32 Å². The highest BCUT2D eigenvalue weighted by Crippen LogP contribution is 2.44. The summed E-state index contributed by atoms with van der Waals surface area (Å²) in [6, 6.07) is 14.7. The van der Waals surface area contributed by atoms with E-state index in [1.54, 1.807) is 0 Å². The molecule has 1 aliphatic heterocycles. The van der Waals surface area contributed by atoms with Gasteiger partial charge < -0.3 is 43.6 Å². The number of hydrogen-bond acceptors (Lipinski definition) is 13. The SMILES string of the molecule is CC(=O)OC[C@H]1O[C@@H](O[C@H](C)[C@@H](CO)NC(=O)OCC2c3ccccc3-c3ccccc32)[C@H](OC(C)=O)[C@@H](OC(C)=O)[C@@H]1OC(C)=O. The summed E-state index contributed by atoms with van der Waals surface area (Å²) in [5.74, 6) is -3.22. The summed E-state index contributed by atoms with van der Waals surface area (Å²) in [5.41, 5.74) is 4.19. The van der Waals surface area contributed by atoms with Crippen molar-refractivity contribution in [1.82, 2.24) is 5.32 Å². The first-order chi connectivity index (χ1) is 22.4. The van der Waals surface area contributed by atoms with Gasteiger partial charge in [0.15, 0.2) is 24.6 Å². The summed E-state index contributed by atoms with van der Waals surface area (Å²) in [4.78, 5) is 60.7. The largest absolute Gasteiger partial charge is 0.463 e. The molecule has 7 atom stereocenters. The van der Waals surface area contributed by atoms with Gasteiger partial charge >= 0.3 is 30.0 Å². The molecule has 1 fully saturated rings. The minimum atomic E-state index is -1.50. The lowest BCUT2D eigenvalue weighted by Crippen LogP contribution is -2.64. The first-order valence-corrected chi connectivity index (χ1v) is 15.1. The second-order valence-electron chi connectivity index (χ2n) is 11.2. The molecule has 1 amide bonds. The number of aliphatic hydroxyl groups excluding tert-OH is 1. The number of hydrogen-bond donors (Lipinski definition) is 2. The van der Waals surface area contributed by atoms with Crippen molar-refractivity contribution in [2.75, 3.05) is 19.8 Å². The number of ether oxygens (including phenoxy) is 7. The zero-order chi connectivity index (χ0) is 34.2. The summed E-state index contributed by atoms with van der Waals surface area (Å²) in [6.07, 6.45) is -8.81. The molecule has 2 N–H and O–H groups in total. The molecular weight excluding hydrogens is 618 g/mol. The van der Waals surface area contributed by atoms with Crippen LogP contribution in [0.25, 0.3) is 11.1 Å².